The number of carbonyl (C=O) groups is 1. The van der Waals surface area contributed by atoms with E-state index in [4.69, 9.17) is 0 Å². The number of fused-ring (bicyclic) bond motifs is 1. The van der Waals surface area contributed by atoms with Gasteiger partial charge < -0.3 is 10.6 Å². The van der Waals surface area contributed by atoms with Gasteiger partial charge in [-0.2, -0.15) is 0 Å². The summed E-state index contributed by atoms with van der Waals surface area (Å²) in [5.74, 6) is 0.0739. The van der Waals surface area contributed by atoms with E-state index < -0.39 is 5.41 Å². The third-order valence-corrected chi connectivity index (χ3v) is 5.62. The van der Waals surface area contributed by atoms with Gasteiger partial charge >= 0.3 is 0 Å². The number of aromatic nitrogens is 1. The molecule has 4 rings (SSSR count). The quantitative estimate of drug-likeness (QED) is 0.730. The predicted molar refractivity (Wildman–Crippen MR) is 106 cm³/mol. The molecule has 25 heavy (non-hydrogen) atoms. The Kier molecular flexibility index (Phi) is 5.37. The maximum Gasteiger partial charge on any atom is 0.235 e. The van der Waals surface area contributed by atoms with Crippen molar-refractivity contribution >= 4 is 45.6 Å². The van der Waals surface area contributed by atoms with Crippen LogP contribution in [0.4, 0.5) is 5.69 Å². The largest absolute Gasteiger partial charge is 0.325 e. The van der Waals surface area contributed by atoms with E-state index in [1.54, 1.807) is 11.3 Å². The first-order valence-corrected chi connectivity index (χ1v) is 9.07. The number of halogens is 1. The number of thiazole rings is 1. The first-order chi connectivity index (χ1) is 11.8. The minimum absolute atomic E-state index is 0. The van der Waals surface area contributed by atoms with E-state index in [1.165, 1.54) is 0 Å². The third kappa shape index (κ3) is 3.40. The first kappa shape index (κ1) is 17.9. The van der Waals surface area contributed by atoms with Crippen molar-refractivity contribution in [3.8, 4) is 0 Å². The van der Waals surface area contributed by atoms with E-state index >= 15 is 0 Å². The molecule has 1 amide bonds. The predicted octanol–water partition coefficient (Wildman–Crippen LogP) is 3.98. The number of amides is 1. The van der Waals surface area contributed by atoms with E-state index in [9.17, 15) is 4.79 Å². The molecular formula is C19H20ClN3OS. The van der Waals surface area contributed by atoms with Gasteiger partial charge in [-0.1, -0.05) is 30.3 Å². The molecule has 2 N–H and O–H groups in total. The van der Waals surface area contributed by atoms with Gasteiger partial charge in [0, 0.05) is 5.69 Å². The van der Waals surface area contributed by atoms with Crippen LogP contribution in [-0.2, 0) is 10.2 Å². The summed E-state index contributed by atoms with van der Waals surface area (Å²) in [7, 11) is 0. The van der Waals surface area contributed by atoms with Crippen LogP contribution >= 0.6 is 23.7 Å². The molecule has 1 aliphatic heterocycles. The Morgan fingerprint density at radius 3 is 2.64 bits per heavy atom. The van der Waals surface area contributed by atoms with E-state index in [0.29, 0.717) is 0 Å². The summed E-state index contributed by atoms with van der Waals surface area (Å²) in [6.45, 7) is 1.71. The van der Waals surface area contributed by atoms with Crippen LogP contribution < -0.4 is 10.6 Å². The number of nitrogens with zero attached hydrogens (tertiary/aromatic N) is 1. The molecule has 1 fully saturated rings. The number of carbonyl (C=O) groups excluding carboxylic acids is 1. The number of rotatable bonds is 3. The summed E-state index contributed by atoms with van der Waals surface area (Å²) < 4.78 is 1.13. The Morgan fingerprint density at radius 1 is 1.12 bits per heavy atom. The van der Waals surface area contributed by atoms with Gasteiger partial charge in [-0.15, -0.1) is 23.7 Å². The fourth-order valence-corrected chi connectivity index (χ4v) is 4.10. The molecule has 0 spiro atoms. The molecule has 130 valence electrons. The molecule has 0 aliphatic carbocycles. The maximum atomic E-state index is 13.2. The van der Waals surface area contributed by atoms with Gasteiger partial charge in [0.25, 0.3) is 0 Å². The minimum atomic E-state index is -0.469. The zero-order valence-electron chi connectivity index (χ0n) is 13.7. The molecule has 1 saturated heterocycles. The first-order valence-electron chi connectivity index (χ1n) is 8.19. The summed E-state index contributed by atoms with van der Waals surface area (Å²) in [4.78, 5) is 17.5. The van der Waals surface area contributed by atoms with Crippen LogP contribution in [0, 0.1) is 0 Å². The highest BCUT2D eigenvalue weighted by Crippen LogP contribution is 2.35. The lowest BCUT2D eigenvalue weighted by Gasteiger charge is -2.36. The molecule has 0 bridgehead atoms. The van der Waals surface area contributed by atoms with Crippen molar-refractivity contribution in [2.75, 3.05) is 18.4 Å². The fourth-order valence-electron chi connectivity index (χ4n) is 3.44. The summed E-state index contributed by atoms with van der Waals surface area (Å²) >= 11 is 1.61. The number of hydrogen-bond donors (Lipinski definition) is 2. The van der Waals surface area contributed by atoms with Crippen molar-refractivity contribution < 1.29 is 4.79 Å². The van der Waals surface area contributed by atoms with Crippen molar-refractivity contribution in [3.05, 3.63) is 59.6 Å². The molecule has 2 heterocycles. The van der Waals surface area contributed by atoms with Crippen molar-refractivity contribution in [1.82, 2.24) is 10.3 Å². The smallest absolute Gasteiger partial charge is 0.235 e. The molecule has 6 heteroatoms. The Bertz CT molecular complexity index is 859. The van der Waals surface area contributed by atoms with Gasteiger partial charge in [-0.3, -0.25) is 4.79 Å². The zero-order chi connectivity index (χ0) is 16.4. The summed E-state index contributed by atoms with van der Waals surface area (Å²) in [5, 5.41) is 6.49. The SMILES string of the molecule is Cl.O=C(Nc1ccc2scnc2c1)C1(c2ccccc2)CCNCC1. The van der Waals surface area contributed by atoms with Crippen LogP contribution in [0.25, 0.3) is 10.2 Å². The van der Waals surface area contributed by atoms with Crippen molar-refractivity contribution in [2.24, 2.45) is 0 Å². The van der Waals surface area contributed by atoms with Crippen LogP contribution in [0.5, 0.6) is 0 Å². The molecule has 2 aromatic carbocycles. The standard InChI is InChI=1S/C19H19N3OS.ClH/c23-18(22-15-6-7-17-16(12-15)21-13-24-17)19(8-10-20-11-9-19)14-4-2-1-3-5-14;/h1-7,12-13,20H,8-11H2,(H,22,23);1H. The van der Waals surface area contributed by atoms with Crippen LogP contribution in [0.2, 0.25) is 0 Å². The van der Waals surface area contributed by atoms with E-state index in [0.717, 1.165) is 47.4 Å². The minimum Gasteiger partial charge on any atom is -0.325 e. The van der Waals surface area contributed by atoms with Crippen molar-refractivity contribution in [1.29, 1.82) is 0 Å². The maximum absolute atomic E-state index is 13.2. The van der Waals surface area contributed by atoms with E-state index in [1.807, 2.05) is 41.9 Å². The van der Waals surface area contributed by atoms with Crippen molar-refractivity contribution in [3.63, 3.8) is 0 Å². The van der Waals surface area contributed by atoms with Crippen LogP contribution in [0.15, 0.2) is 54.0 Å². The number of hydrogen-bond acceptors (Lipinski definition) is 4. The topological polar surface area (TPSA) is 54.0 Å². The van der Waals surface area contributed by atoms with Gasteiger partial charge in [0.2, 0.25) is 5.91 Å². The number of nitrogens with one attached hydrogen (secondary N) is 2. The van der Waals surface area contributed by atoms with E-state index in [2.05, 4.69) is 27.8 Å². The van der Waals surface area contributed by atoms with Gasteiger partial charge in [-0.05, 0) is 49.7 Å². The number of anilines is 1. The van der Waals surface area contributed by atoms with Crippen LogP contribution in [0.3, 0.4) is 0 Å². The number of benzene rings is 2. The van der Waals surface area contributed by atoms with E-state index in [-0.39, 0.29) is 18.3 Å². The summed E-state index contributed by atoms with van der Waals surface area (Å²) in [6, 6.07) is 16.1. The second-order valence-electron chi connectivity index (χ2n) is 6.19. The molecule has 4 nitrogen and oxygen atoms in total. The summed E-state index contributed by atoms with van der Waals surface area (Å²) in [5.41, 5.74) is 4.20. The Hall–Kier alpha value is -1.95. The van der Waals surface area contributed by atoms with Gasteiger partial charge in [0.1, 0.15) is 0 Å². The molecule has 0 atom stereocenters. The highest BCUT2D eigenvalue weighted by molar-refractivity contribution is 7.16. The monoisotopic (exact) mass is 373 g/mol. The second-order valence-corrected chi connectivity index (χ2v) is 7.07. The average molecular weight is 374 g/mol. The molecular weight excluding hydrogens is 354 g/mol. The molecule has 1 aliphatic rings. The fraction of sp³-hybridized carbons (Fsp3) is 0.263. The van der Waals surface area contributed by atoms with Gasteiger partial charge in [-0.25, -0.2) is 4.98 Å². The Morgan fingerprint density at radius 2 is 1.88 bits per heavy atom. The highest BCUT2D eigenvalue weighted by atomic mass is 35.5. The molecule has 0 unspecified atom stereocenters. The van der Waals surface area contributed by atoms with Crippen molar-refractivity contribution in [2.45, 2.75) is 18.3 Å². The molecule has 0 saturated carbocycles. The molecule has 0 radical (unpaired) electrons. The second kappa shape index (κ2) is 7.52. The lowest BCUT2D eigenvalue weighted by atomic mass is 9.72. The zero-order valence-corrected chi connectivity index (χ0v) is 15.3. The molecule has 1 aromatic heterocycles. The lowest BCUT2D eigenvalue weighted by molar-refractivity contribution is -0.122. The average Bonchev–Trinajstić information content (AvgIpc) is 3.11. The van der Waals surface area contributed by atoms with Gasteiger partial charge in [0.05, 0.1) is 21.1 Å². The van der Waals surface area contributed by atoms with Gasteiger partial charge in [0.15, 0.2) is 0 Å². The molecule has 3 aromatic rings. The third-order valence-electron chi connectivity index (χ3n) is 4.81. The van der Waals surface area contributed by atoms with Crippen LogP contribution in [0.1, 0.15) is 18.4 Å². The van der Waals surface area contributed by atoms with Crippen LogP contribution in [-0.4, -0.2) is 24.0 Å². The normalized spacial score (nSPS) is 16.2. The summed E-state index contributed by atoms with van der Waals surface area (Å²) in [6.07, 6.45) is 1.61. The highest BCUT2D eigenvalue weighted by Gasteiger charge is 2.41. The lowest BCUT2D eigenvalue weighted by Crippen LogP contribution is -2.48. The Labute approximate surface area is 157 Å². The Balaban J connectivity index is 0.00000182. The number of piperidine rings is 1.